The number of carbonyl (C=O) groups is 1. The molecule has 1 atom stereocenters. The van der Waals surface area contributed by atoms with Crippen molar-refractivity contribution in [2.45, 2.75) is 50.8 Å². The van der Waals surface area contributed by atoms with Crippen LogP contribution in [0.15, 0.2) is 28.0 Å². The highest BCUT2D eigenvalue weighted by atomic mass is 32.2. The molecular weight excluding hydrogens is 344 g/mol. The van der Waals surface area contributed by atoms with Gasteiger partial charge in [0.05, 0.1) is 11.6 Å². The number of hydrogen-bond donors (Lipinski definition) is 1. The Morgan fingerprint density at radius 1 is 1.44 bits per heavy atom. The minimum Gasteiger partial charge on any atom is -0.448 e. The van der Waals surface area contributed by atoms with Crippen LogP contribution in [0.3, 0.4) is 0 Å². The number of aromatic nitrogens is 2. The van der Waals surface area contributed by atoms with Crippen LogP contribution in [-0.2, 0) is 16.6 Å². The first kappa shape index (κ1) is 17.7. The molecule has 1 saturated heterocycles. The van der Waals surface area contributed by atoms with E-state index in [4.69, 9.17) is 9.56 Å². The van der Waals surface area contributed by atoms with Gasteiger partial charge in [-0.05, 0) is 33.1 Å². The molecule has 136 valence electrons. The molecule has 0 aromatic carbocycles. The molecule has 0 radical (unpaired) electrons. The lowest BCUT2D eigenvalue weighted by atomic mass is 10.00. The Hall–Kier alpha value is -2.13. The first-order chi connectivity index (χ1) is 11.8. The van der Waals surface area contributed by atoms with E-state index in [1.54, 1.807) is 18.0 Å². The van der Waals surface area contributed by atoms with Crippen LogP contribution in [0.4, 0.5) is 0 Å². The van der Waals surface area contributed by atoms with Crippen molar-refractivity contribution in [1.82, 2.24) is 14.5 Å². The van der Waals surface area contributed by atoms with Crippen LogP contribution in [0.2, 0.25) is 0 Å². The number of sulfonamides is 1. The SMILES string of the molecule is CCn1ccnc1C1CCCCN1C(=O)c1cc(S(N)(=O)=O)oc1C. The standard InChI is InChI=1S/C16H22N4O4S/c1-3-19-9-7-18-15(19)13-6-4-5-8-20(13)16(21)12-10-14(24-11(12)2)25(17,22)23/h7,9-10,13H,3-6,8H2,1-2H3,(H2,17,22,23). The van der Waals surface area contributed by atoms with Crippen molar-refractivity contribution in [1.29, 1.82) is 0 Å². The fourth-order valence-electron chi connectivity index (χ4n) is 3.29. The topological polar surface area (TPSA) is 111 Å². The van der Waals surface area contributed by atoms with Gasteiger partial charge in [-0.25, -0.2) is 18.5 Å². The normalized spacial score (nSPS) is 18.5. The molecule has 1 amide bonds. The number of piperidine rings is 1. The average Bonchev–Trinajstić information content (AvgIpc) is 3.20. The summed E-state index contributed by atoms with van der Waals surface area (Å²) in [6.07, 6.45) is 6.36. The van der Waals surface area contributed by atoms with E-state index in [0.717, 1.165) is 31.6 Å². The summed E-state index contributed by atoms with van der Waals surface area (Å²) in [6.45, 7) is 4.95. The largest absolute Gasteiger partial charge is 0.448 e. The van der Waals surface area contributed by atoms with E-state index in [-0.39, 0.29) is 23.3 Å². The first-order valence-electron chi connectivity index (χ1n) is 8.28. The molecule has 25 heavy (non-hydrogen) atoms. The highest BCUT2D eigenvalue weighted by Crippen LogP contribution is 2.32. The molecule has 0 aliphatic carbocycles. The number of hydrogen-bond acceptors (Lipinski definition) is 5. The maximum atomic E-state index is 13.1. The summed E-state index contributed by atoms with van der Waals surface area (Å²) in [6, 6.07) is 1.08. The molecule has 1 unspecified atom stereocenters. The molecule has 1 fully saturated rings. The summed E-state index contributed by atoms with van der Waals surface area (Å²) >= 11 is 0. The fraction of sp³-hybridized carbons (Fsp3) is 0.500. The van der Waals surface area contributed by atoms with E-state index in [1.807, 2.05) is 17.7 Å². The Kier molecular flexibility index (Phi) is 4.70. The number of rotatable bonds is 4. The summed E-state index contributed by atoms with van der Waals surface area (Å²) in [5.41, 5.74) is 0.227. The van der Waals surface area contributed by atoms with Gasteiger partial charge in [0, 0.05) is 31.5 Å². The third-order valence-corrected chi connectivity index (χ3v) is 5.32. The number of amides is 1. The van der Waals surface area contributed by atoms with Crippen LogP contribution in [0.5, 0.6) is 0 Å². The monoisotopic (exact) mass is 366 g/mol. The second kappa shape index (κ2) is 6.64. The Morgan fingerprint density at radius 3 is 2.84 bits per heavy atom. The number of primary sulfonamides is 1. The molecule has 8 nitrogen and oxygen atoms in total. The van der Waals surface area contributed by atoms with Crippen molar-refractivity contribution in [3.05, 3.63) is 35.6 Å². The van der Waals surface area contributed by atoms with Gasteiger partial charge in [0.15, 0.2) is 0 Å². The minimum atomic E-state index is -3.99. The van der Waals surface area contributed by atoms with Crippen molar-refractivity contribution in [2.75, 3.05) is 6.54 Å². The van der Waals surface area contributed by atoms with Crippen LogP contribution in [-0.4, -0.2) is 35.3 Å². The van der Waals surface area contributed by atoms with E-state index >= 15 is 0 Å². The number of nitrogens with zero attached hydrogens (tertiary/aromatic N) is 3. The third kappa shape index (κ3) is 3.34. The van der Waals surface area contributed by atoms with E-state index in [2.05, 4.69) is 4.98 Å². The maximum Gasteiger partial charge on any atom is 0.271 e. The molecule has 0 spiro atoms. The Labute approximate surface area is 146 Å². The quantitative estimate of drug-likeness (QED) is 0.887. The second-order valence-electron chi connectivity index (χ2n) is 6.16. The van der Waals surface area contributed by atoms with Gasteiger partial charge in [0.1, 0.15) is 11.6 Å². The fourth-order valence-corrected chi connectivity index (χ4v) is 3.81. The second-order valence-corrected chi connectivity index (χ2v) is 7.65. The van der Waals surface area contributed by atoms with Gasteiger partial charge in [-0.3, -0.25) is 4.79 Å². The zero-order valence-electron chi connectivity index (χ0n) is 14.3. The molecule has 2 N–H and O–H groups in total. The summed E-state index contributed by atoms with van der Waals surface area (Å²) in [7, 11) is -3.99. The molecule has 0 saturated carbocycles. The van der Waals surface area contributed by atoms with Crippen molar-refractivity contribution in [2.24, 2.45) is 5.14 Å². The van der Waals surface area contributed by atoms with Crippen LogP contribution in [0.25, 0.3) is 0 Å². The Balaban J connectivity index is 1.96. The molecule has 2 aromatic rings. The lowest BCUT2D eigenvalue weighted by Gasteiger charge is -2.35. The lowest BCUT2D eigenvalue weighted by Crippen LogP contribution is -2.39. The molecular formula is C16H22N4O4S. The van der Waals surface area contributed by atoms with Crippen LogP contribution in [0, 0.1) is 6.92 Å². The zero-order chi connectivity index (χ0) is 18.2. The smallest absolute Gasteiger partial charge is 0.271 e. The molecule has 1 aliphatic heterocycles. The van der Waals surface area contributed by atoms with E-state index in [0.29, 0.717) is 6.54 Å². The Morgan fingerprint density at radius 2 is 2.20 bits per heavy atom. The van der Waals surface area contributed by atoms with E-state index < -0.39 is 15.1 Å². The van der Waals surface area contributed by atoms with Gasteiger partial charge in [0.2, 0.25) is 5.09 Å². The third-order valence-electron chi connectivity index (χ3n) is 4.56. The van der Waals surface area contributed by atoms with Gasteiger partial charge in [-0.15, -0.1) is 0 Å². The van der Waals surface area contributed by atoms with Crippen molar-refractivity contribution < 1.29 is 17.6 Å². The number of likely N-dealkylation sites (tertiary alicyclic amines) is 1. The number of carbonyl (C=O) groups excluding carboxylic acids is 1. The molecule has 2 aromatic heterocycles. The maximum absolute atomic E-state index is 13.1. The van der Waals surface area contributed by atoms with E-state index in [9.17, 15) is 13.2 Å². The van der Waals surface area contributed by atoms with Gasteiger partial charge < -0.3 is 13.9 Å². The molecule has 9 heteroatoms. The zero-order valence-corrected chi connectivity index (χ0v) is 15.1. The summed E-state index contributed by atoms with van der Waals surface area (Å²) in [5, 5.41) is 4.71. The summed E-state index contributed by atoms with van der Waals surface area (Å²) < 4.78 is 30.2. The van der Waals surface area contributed by atoms with Gasteiger partial charge in [-0.1, -0.05) is 0 Å². The first-order valence-corrected chi connectivity index (χ1v) is 9.82. The number of aryl methyl sites for hydroxylation is 2. The van der Waals surface area contributed by atoms with Crippen molar-refractivity contribution >= 4 is 15.9 Å². The molecule has 0 bridgehead atoms. The summed E-state index contributed by atoms with van der Waals surface area (Å²) in [5.74, 6) is 0.840. The highest BCUT2D eigenvalue weighted by molar-refractivity contribution is 7.89. The Bertz CT molecular complexity index is 884. The highest BCUT2D eigenvalue weighted by Gasteiger charge is 2.33. The minimum absolute atomic E-state index is 0.136. The predicted molar refractivity (Wildman–Crippen MR) is 90.3 cm³/mol. The predicted octanol–water partition coefficient (Wildman–Crippen LogP) is 1.82. The lowest BCUT2D eigenvalue weighted by molar-refractivity contribution is 0.0593. The number of imidazole rings is 1. The van der Waals surface area contributed by atoms with Gasteiger partial charge >= 0.3 is 0 Å². The average molecular weight is 366 g/mol. The number of furan rings is 1. The van der Waals surface area contributed by atoms with Crippen LogP contribution in [0.1, 0.15) is 54.2 Å². The van der Waals surface area contributed by atoms with Crippen LogP contribution < -0.4 is 5.14 Å². The van der Waals surface area contributed by atoms with Crippen molar-refractivity contribution in [3.63, 3.8) is 0 Å². The van der Waals surface area contributed by atoms with Gasteiger partial charge in [-0.2, -0.15) is 0 Å². The van der Waals surface area contributed by atoms with Crippen molar-refractivity contribution in [3.8, 4) is 0 Å². The summed E-state index contributed by atoms with van der Waals surface area (Å²) in [4.78, 5) is 19.2. The van der Waals surface area contributed by atoms with E-state index in [1.165, 1.54) is 6.07 Å². The number of nitrogens with two attached hydrogens (primary N) is 1. The molecule has 1 aliphatic rings. The molecule has 3 heterocycles. The molecule has 3 rings (SSSR count). The van der Waals surface area contributed by atoms with Crippen LogP contribution >= 0.6 is 0 Å². The van der Waals surface area contributed by atoms with Gasteiger partial charge in [0.25, 0.3) is 15.9 Å².